The number of nitrogens with one attached hydrogen (secondary N) is 2. The maximum absolute atomic E-state index is 12.4. The Kier molecular flexibility index (Phi) is 2.53. The highest BCUT2D eigenvalue weighted by Crippen LogP contribution is 2.32. The first-order chi connectivity index (χ1) is 9.09. The van der Waals surface area contributed by atoms with Crippen molar-refractivity contribution < 1.29 is 13.2 Å². The number of benzene rings is 1. The van der Waals surface area contributed by atoms with Crippen molar-refractivity contribution in [3.63, 3.8) is 0 Å². The Bertz CT molecular complexity index is 724. The van der Waals surface area contributed by atoms with Crippen LogP contribution in [0.4, 0.5) is 11.4 Å². The summed E-state index contributed by atoms with van der Waals surface area (Å²) in [6.45, 7) is -0.252. The van der Waals surface area contributed by atoms with E-state index in [1.54, 1.807) is 24.3 Å². The highest BCUT2D eigenvalue weighted by atomic mass is 32.2. The van der Waals surface area contributed by atoms with Gasteiger partial charge in [0.15, 0.2) is 5.03 Å². The second kappa shape index (κ2) is 4.09. The van der Waals surface area contributed by atoms with Gasteiger partial charge in [0.25, 0.3) is 10.0 Å². The first-order valence-corrected chi connectivity index (χ1v) is 6.93. The lowest BCUT2D eigenvalue weighted by Gasteiger charge is -2.29. The van der Waals surface area contributed by atoms with Crippen molar-refractivity contribution in [2.24, 2.45) is 0 Å². The normalized spacial score (nSPS) is 14.9. The lowest BCUT2D eigenvalue weighted by atomic mass is 10.2. The average molecular weight is 278 g/mol. The van der Waals surface area contributed by atoms with Crippen LogP contribution >= 0.6 is 0 Å². The van der Waals surface area contributed by atoms with E-state index in [4.69, 9.17) is 0 Å². The van der Waals surface area contributed by atoms with Crippen molar-refractivity contribution in [3.8, 4) is 0 Å². The second-order valence-electron chi connectivity index (χ2n) is 3.99. The number of fused-ring (bicyclic) bond motifs is 1. The number of H-pyrrole nitrogens is 1. The Balaban J connectivity index is 2.14. The fraction of sp³-hybridized carbons (Fsp3) is 0.0909. The van der Waals surface area contributed by atoms with E-state index in [1.807, 2.05) is 0 Å². The fourth-order valence-electron chi connectivity index (χ4n) is 1.92. The predicted octanol–water partition coefficient (Wildman–Crippen LogP) is 0.557. The number of hydrogen-bond acceptors (Lipinski definition) is 4. The predicted molar refractivity (Wildman–Crippen MR) is 68.2 cm³/mol. The molecule has 0 aliphatic carbocycles. The Labute approximate surface area is 109 Å². The molecule has 3 rings (SSSR count). The third-order valence-electron chi connectivity index (χ3n) is 2.78. The summed E-state index contributed by atoms with van der Waals surface area (Å²) < 4.78 is 25.9. The molecule has 1 aromatic heterocycles. The zero-order valence-electron chi connectivity index (χ0n) is 9.70. The van der Waals surface area contributed by atoms with Crippen LogP contribution in [-0.2, 0) is 14.8 Å². The molecule has 0 spiro atoms. The molecule has 0 atom stereocenters. The van der Waals surface area contributed by atoms with Crippen molar-refractivity contribution in [3.05, 3.63) is 36.8 Å². The Morgan fingerprint density at radius 3 is 2.79 bits per heavy atom. The number of amides is 1. The minimum atomic E-state index is -3.81. The molecule has 0 unspecified atom stereocenters. The summed E-state index contributed by atoms with van der Waals surface area (Å²) in [6, 6.07) is 6.74. The van der Waals surface area contributed by atoms with E-state index in [0.29, 0.717) is 11.4 Å². The molecule has 1 aromatic carbocycles. The zero-order chi connectivity index (χ0) is 13.5. The summed E-state index contributed by atoms with van der Waals surface area (Å²) in [6.07, 6.45) is 2.49. The summed E-state index contributed by atoms with van der Waals surface area (Å²) in [4.78, 5) is 17.9. The molecule has 0 saturated heterocycles. The van der Waals surface area contributed by atoms with Crippen LogP contribution < -0.4 is 9.62 Å². The lowest BCUT2D eigenvalue weighted by molar-refractivity contribution is -0.115. The second-order valence-corrected chi connectivity index (χ2v) is 5.82. The van der Waals surface area contributed by atoms with Crippen molar-refractivity contribution in [2.45, 2.75) is 5.03 Å². The maximum atomic E-state index is 12.4. The molecular weight excluding hydrogens is 268 g/mol. The number of aromatic nitrogens is 2. The average Bonchev–Trinajstić information content (AvgIpc) is 2.92. The molecule has 1 aliphatic rings. The molecule has 98 valence electrons. The molecular formula is C11H10N4O3S. The van der Waals surface area contributed by atoms with Gasteiger partial charge in [0, 0.05) is 0 Å². The van der Waals surface area contributed by atoms with Crippen LogP contribution in [0.15, 0.2) is 41.8 Å². The van der Waals surface area contributed by atoms with Gasteiger partial charge in [-0.3, -0.25) is 9.10 Å². The van der Waals surface area contributed by atoms with Crippen LogP contribution in [0.2, 0.25) is 0 Å². The maximum Gasteiger partial charge on any atom is 0.281 e. The standard InChI is InChI=1S/C11H10N4O3S/c16-10-6-15(9-4-2-1-3-8(9)14-10)19(17,18)11-5-12-7-13-11/h1-5,7H,6H2,(H,12,13)(H,14,16). The Hall–Kier alpha value is -2.35. The molecule has 1 amide bonds. The minimum Gasteiger partial charge on any atom is -0.334 e. The Morgan fingerprint density at radius 2 is 2.05 bits per heavy atom. The number of carbonyl (C=O) groups is 1. The molecule has 7 nitrogen and oxygen atoms in total. The largest absolute Gasteiger partial charge is 0.334 e. The smallest absolute Gasteiger partial charge is 0.281 e. The van der Waals surface area contributed by atoms with Crippen molar-refractivity contribution >= 4 is 27.3 Å². The van der Waals surface area contributed by atoms with Gasteiger partial charge in [-0.25, -0.2) is 4.98 Å². The van der Waals surface area contributed by atoms with Gasteiger partial charge < -0.3 is 10.3 Å². The number of hydrogen-bond donors (Lipinski definition) is 2. The van der Waals surface area contributed by atoms with Gasteiger partial charge >= 0.3 is 0 Å². The number of carbonyl (C=O) groups excluding carboxylic acids is 1. The van der Waals surface area contributed by atoms with Crippen LogP contribution in [0.25, 0.3) is 0 Å². The molecule has 0 bridgehead atoms. The third-order valence-corrected chi connectivity index (χ3v) is 4.46. The number of anilines is 2. The fourth-order valence-corrected chi connectivity index (χ4v) is 3.26. The number of sulfonamides is 1. The summed E-state index contributed by atoms with van der Waals surface area (Å²) in [5.74, 6) is -0.373. The van der Waals surface area contributed by atoms with Crippen molar-refractivity contribution in [1.29, 1.82) is 0 Å². The van der Waals surface area contributed by atoms with E-state index in [2.05, 4.69) is 15.3 Å². The van der Waals surface area contributed by atoms with Crippen LogP contribution in [0.1, 0.15) is 0 Å². The summed E-state index contributed by atoms with van der Waals surface area (Å²) in [5, 5.41) is 2.59. The highest BCUT2D eigenvalue weighted by Gasteiger charge is 2.32. The quantitative estimate of drug-likeness (QED) is 0.839. The molecule has 1 aliphatic heterocycles. The van der Waals surface area contributed by atoms with Crippen molar-refractivity contribution in [2.75, 3.05) is 16.2 Å². The van der Waals surface area contributed by atoms with Gasteiger partial charge in [0.05, 0.1) is 23.9 Å². The molecule has 2 aromatic rings. The van der Waals surface area contributed by atoms with E-state index in [9.17, 15) is 13.2 Å². The van der Waals surface area contributed by atoms with E-state index >= 15 is 0 Å². The number of aromatic amines is 1. The molecule has 8 heteroatoms. The van der Waals surface area contributed by atoms with E-state index in [0.717, 1.165) is 4.31 Å². The molecule has 0 saturated carbocycles. The van der Waals surface area contributed by atoms with E-state index in [-0.39, 0.29) is 17.5 Å². The van der Waals surface area contributed by atoms with Gasteiger partial charge in [0.1, 0.15) is 6.54 Å². The van der Waals surface area contributed by atoms with Gasteiger partial charge in [-0.2, -0.15) is 8.42 Å². The number of rotatable bonds is 2. The van der Waals surface area contributed by atoms with Gasteiger partial charge in [-0.05, 0) is 12.1 Å². The van der Waals surface area contributed by atoms with Crippen LogP contribution in [0.3, 0.4) is 0 Å². The molecule has 2 heterocycles. The van der Waals surface area contributed by atoms with E-state index in [1.165, 1.54) is 12.5 Å². The van der Waals surface area contributed by atoms with Crippen LogP contribution in [0.5, 0.6) is 0 Å². The number of imidazole rings is 1. The Morgan fingerprint density at radius 1 is 1.26 bits per heavy atom. The summed E-state index contributed by atoms with van der Waals surface area (Å²) in [7, 11) is -3.81. The molecule has 2 N–H and O–H groups in total. The first-order valence-electron chi connectivity index (χ1n) is 5.49. The summed E-state index contributed by atoms with van der Waals surface area (Å²) in [5.41, 5.74) is 0.915. The van der Waals surface area contributed by atoms with Gasteiger partial charge in [-0.15, -0.1) is 0 Å². The van der Waals surface area contributed by atoms with Gasteiger partial charge in [0.2, 0.25) is 5.91 Å². The third kappa shape index (κ3) is 1.85. The van der Waals surface area contributed by atoms with Crippen molar-refractivity contribution in [1.82, 2.24) is 9.97 Å². The zero-order valence-corrected chi connectivity index (χ0v) is 10.5. The first kappa shape index (κ1) is 11.7. The number of nitrogens with zero attached hydrogens (tertiary/aromatic N) is 2. The van der Waals surface area contributed by atoms with E-state index < -0.39 is 10.0 Å². The topological polar surface area (TPSA) is 95.2 Å². The SMILES string of the molecule is O=C1CN(S(=O)(=O)c2cnc[nH]2)c2ccccc2N1. The highest BCUT2D eigenvalue weighted by molar-refractivity contribution is 7.92. The van der Waals surface area contributed by atoms with Crippen LogP contribution in [-0.4, -0.2) is 30.8 Å². The van der Waals surface area contributed by atoms with Crippen LogP contribution in [0, 0.1) is 0 Å². The minimum absolute atomic E-state index is 0.0444. The monoisotopic (exact) mass is 278 g/mol. The molecule has 19 heavy (non-hydrogen) atoms. The molecule has 0 radical (unpaired) electrons. The summed E-state index contributed by atoms with van der Waals surface area (Å²) >= 11 is 0. The lowest BCUT2D eigenvalue weighted by Crippen LogP contribution is -2.42. The van der Waals surface area contributed by atoms with Gasteiger partial charge in [-0.1, -0.05) is 12.1 Å². The molecule has 0 fully saturated rings. The number of para-hydroxylation sites is 2.